The Hall–Kier alpha value is -3.77. The Labute approximate surface area is 186 Å². The van der Waals surface area contributed by atoms with Gasteiger partial charge in [0.1, 0.15) is 0 Å². The molecule has 0 aliphatic rings. The number of carbonyl (C=O) groups is 1. The number of hydrogen-bond acceptors (Lipinski definition) is 4. The van der Waals surface area contributed by atoms with E-state index in [0.29, 0.717) is 23.5 Å². The first-order chi connectivity index (χ1) is 15.6. The number of aliphatic hydroxyl groups excluding tert-OH is 1. The van der Waals surface area contributed by atoms with Gasteiger partial charge in [-0.1, -0.05) is 36.4 Å². The topological polar surface area (TPSA) is 83.6 Å². The van der Waals surface area contributed by atoms with Gasteiger partial charge in [-0.15, -0.1) is 0 Å². The summed E-state index contributed by atoms with van der Waals surface area (Å²) >= 11 is 0. The number of carbonyl (C=O) groups excluding carboxylic acids is 1. The lowest BCUT2D eigenvalue weighted by Gasteiger charge is -2.16. The molecule has 0 unspecified atom stereocenters. The van der Waals surface area contributed by atoms with Crippen LogP contribution in [0.25, 0.3) is 22.0 Å². The Kier molecular flexibility index (Phi) is 6.42. The van der Waals surface area contributed by atoms with Crippen molar-refractivity contribution in [2.45, 2.75) is 12.5 Å². The van der Waals surface area contributed by atoms with Crippen LogP contribution in [0.5, 0.6) is 11.5 Å². The maximum Gasteiger partial charge on any atom is 0.251 e. The van der Waals surface area contributed by atoms with Gasteiger partial charge >= 0.3 is 0 Å². The van der Waals surface area contributed by atoms with Crippen molar-refractivity contribution in [3.63, 3.8) is 0 Å². The van der Waals surface area contributed by atoms with E-state index in [1.54, 1.807) is 20.3 Å². The smallest absolute Gasteiger partial charge is 0.251 e. The van der Waals surface area contributed by atoms with Gasteiger partial charge in [-0.2, -0.15) is 0 Å². The predicted molar refractivity (Wildman–Crippen MR) is 125 cm³/mol. The van der Waals surface area contributed by atoms with E-state index in [9.17, 15) is 9.90 Å². The lowest BCUT2D eigenvalue weighted by molar-refractivity contribution is 0.0916. The molecule has 164 valence electrons. The lowest BCUT2D eigenvalue weighted by atomic mass is 10.0. The monoisotopic (exact) mass is 430 g/mol. The zero-order valence-electron chi connectivity index (χ0n) is 18.1. The van der Waals surface area contributed by atoms with E-state index in [2.05, 4.69) is 10.3 Å². The van der Waals surface area contributed by atoms with E-state index in [1.165, 1.54) is 0 Å². The van der Waals surface area contributed by atoms with E-state index in [-0.39, 0.29) is 12.5 Å². The molecule has 3 N–H and O–H groups in total. The quantitative estimate of drug-likeness (QED) is 0.392. The highest BCUT2D eigenvalue weighted by Gasteiger charge is 2.16. The average Bonchev–Trinajstić information content (AvgIpc) is 3.25. The number of fused-ring (bicyclic) bond motifs is 1. The van der Waals surface area contributed by atoms with Gasteiger partial charge < -0.3 is 24.9 Å². The van der Waals surface area contributed by atoms with Crippen molar-refractivity contribution in [2.75, 3.05) is 20.8 Å². The van der Waals surface area contributed by atoms with Crippen LogP contribution in [0.4, 0.5) is 0 Å². The van der Waals surface area contributed by atoms with Crippen molar-refractivity contribution in [1.82, 2.24) is 10.3 Å². The molecule has 4 aromatic rings. The number of aromatic nitrogens is 1. The number of aromatic amines is 1. The first-order valence-electron chi connectivity index (χ1n) is 10.4. The number of methoxy groups -OCH3 is 2. The SMILES string of the molecule is COc1ccc(-c2cccc(C(=O)N[C@@H](CO)Cc3c[nH]c4ccccc34)c2)cc1OC. The first-order valence-corrected chi connectivity index (χ1v) is 10.4. The molecule has 1 heterocycles. The Morgan fingerprint density at radius 2 is 1.75 bits per heavy atom. The zero-order chi connectivity index (χ0) is 22.5. The maximum atomic E-state index is 12.9. The molecule has 6 nitrogen and oxygen atoms in total. The van der Waals surface area contributed by atoms with Crippen molar-refractivity contribution in [3.8, 4) is 22.6 Å². The summed E-state index contributed by atoms with van der Waals surface area (Å²) in [5.41, 5.74) is 4.41. The third-order valence-corrected chi connectivity index (χ3v) is 5.54. The van der Waals surface area contributed by atoms with Crippen LogP contribution in [-0.2, 0) is 6.42 Å². The normalized spacial score (nSPS) is 11.8. The molecular formula is C26H26N2O4. The van der Waals surface area contributed by atoms with Crippen LogP contribution in [0.2, 0.25) is 0 Å². The summed E-state index contributed by atoms with van der Waals surface area (Å²) in [7, 11) is 3.19. The summed E-state index contributed by atoms with van der Waals surface area (Å²) < 4.78 is 10.7. The fraction of sp³-hybridized carbons (Fsp3) is 0.192. The van der Waals surface area contributed by atoms with Crippen molar-refractivity contribution in [2.24, 2.45) is 0 Å². The third-order valence-electron chi connectivity index (χ3n) is 5.54. The van der Waals surface area contributed by atoms with E-state index in [4.69, 9.17) is 9.47 Å². The molecule has 32 heavy (non-hydrogen) atoms. The van der Waals surface area contributed by atoms with Gasteiger partial charge in [0.15, 0.2) is 11.5 Å². The molecular weight excluding hydrogens is 404 g/mol. The van der Waals surface area contributed by atoms with E-state index >= 15 is 0 Å². The Balaban J connectivity index is 1.52. The number of para-hydroxylation sites is 1. The standard InChI is InChI=1S/C26H26N2O4/c1-31-24-11-10-18(14-25(24)32-2)17-6-5-7-19(12-17)26(30)28-21(16-29)13-20-15-27-23-9-4-3-8-22(20)23/h3-12,14-15,21,27,29H,13,16H2,1-2H3,(H,28,30)/t21-/m1/s1. The second kappa shape index (κ2) is 9.58. The molecule has 0 fully saturated rings. The number of rotatable bonds is 8. The molecule has 3 aromatic carbocycles. The average molecular weight is 431 g/mol. The van der Waals surface area contributed by atoms with Crippen molar-refractivity contribution < 1.29 is 19.4 Å². The zero-order valence-corrected chi connectivity index (χ0v) is 18.1. The predicted octanol–water partition coefficient (Wildman–Crippen LogP) is 4.19. The number of amides is 1. The second-order valence-corrected chi connectivity index (χ2v) is 7.57. The van der Waals surface area contributed by atoms with E-state index in [0.717, 1.165) is 27.6 Å². The molecule has 0 spiro atoms. The van der Waals surface area contributed by atoms with Gasteiger partial charge in [-0.3, -0.25) is 4.79 Å². The van der Waals surface area contributed by atoms with Crippen molar-refractivity contribution in [3.05, 3.63) is 84.1 Å². The fourth-order valence-electron chi connectivity index (χ4n) is 3.85. The lowest BCUT2D eigenvalue weighted by Crippen LogP contribution is -2.39. The van der Waals surface area contributed by atoms with Crippen LogP contribution in [0.15, 0.2) is 72.9 Å². The van der Waals surface area contributed by atoms with Gasteiger partial charge in [-0.05, 0) is 53.4 Å². The molecule has 0 bridgehead atoms. The van der Waals surface area contributed by atoms with Crippen molar-refractivity contribution in [1.29, 1.82) is 0 Å². The number of hydrogen-bond donors (Lipinski definition) is 3. The van der Waals surface area contributed by atoms with Gasteiger partial charge in [0, 0.05) is 22.7 Å². The van der Waals surface area contributed by atoms with Crippen LogP contribution >= 0.6 is 0 Å². The summed E-state index contributed by atoms with van der Waals surface area (Å²) in [4.78, 5) is 16.2. The highest BCUT2D eigenvalue weighted by atomic mass is 16.5. The number of nitrogens with one attached hydrogen (secondary N) is 2. The number of benzene rings is 3. The molecule has 0 aliphatic carbocycles. The molecule has 6 heteroatoms. The van der Waals surface area contributed by atoms with Crippen LogP contribution in [-0.4, -0.2) is 42.9 Å². The Bertz CT molecular complexity index is 1230. The van der Waals surface area contributed by atoms with Crippen LogP contribution < -0.4 is 14.8 Å². The summed E-state index contributed by atoms with van der Waals surface area (Å²) in [6, 6.07) is 20.6. The van der Waals surface area contributed by atoms with Crippen LogP contribution in [0, 0.1) is 0 Å². The van der Waals surface area contributed by atoms with Crippen molar-refractivity contribution >= 4 is 16.8 Å². The minimum atomic E-state index is -0.397. The first kappa shape index (κ1) is 21.5. The van der Waals surface area contributed by atoms with Gasteiger partial charge in [0.25, 0.3) is 5.91 Å². The van der Waals surface area contributed by atoms with Gasteiger partial charge in [-0.25, -0.2) is 0 Å². The molecule has 0 saturated carbocycles. The van der Waals surface area contributed by atoms with E-state index in [1.807, 2.05) is 66.9 Å². The minimum Gasteiger partial charge on any atom is -0.493 e. The van der Waals surface area contributed by atoms with Gasteiger partial charge in [0.05, 0.1) is 26.9 Å². The number of aliphatic hydroxyl groups is 1. The number of H-pyrrole nitrogens is 1. The summed E-state index contributed by atoms with van der Waals surface area (Å²) in [5, 5.41) is 13.9. The summed E-state index contributed by atoms with van der Waals surface area (Å²) in [6.45, 7) is -0.152. The molecule has 4 rings (SSSR count). The second-order valence-electron chi connectivity index (χ2n) is 7.57. The van der Waals surface area contributed by atoms with Crippen LogP contribution in [0.3, 0.4) is 0 Å². The Morgan fingerprint density at radius 3 is 2.53 bits per heavy atom. The highest BCUT2D eigenvalue weighted by molar-refractivity contribution is 5.95. The fourth-order valence-corrected chi connectivity index (χ4v) is 3.85. The summed E-state index contributed by atoms with van der Waals surface area (Å²) in [5.74, 6) is 1.04. The minimum absolute atomic E-state index is 0.152. The molecule has 0 radical (unpaired) electrons. The third kappa shape index (κ3) is 4.45. The molecule has 0 aliphatic heterocycles. The largest absolute Gasteiger partial charge is 0.493 e. The molecule has 1 atom stereocenters. The van der Waals surface area contributed by atoms with E-state index < -0.39 is 6.04 Å². The number of ether oxygens (including phenoxy) is 2. The molecule has 0 saturated heterocycles. The van der Waals surface area contributed by atoms with Gasteiger partial charge in [0.2, 0.25) is 0 Å². The maximum absolute atomic E-state index is 12.9. The summed E-state index contributed by atoms with van der Waals surface area (Å²) in [6.07, 6.45) is 2.46. The molecule has 1 amide bonds. The van der Waals surface area contributed by atoms with Crippen LogP contribution in [0.1, 0.15) is 15.9 Å². The highest BCUT2D eigenvalue weighted by Crippen LogP contribution is 2.32. The molecule has 1 aromatic heterocycles. The Morgan fingerprint density at radius 1 is 0.969 bits per heavy atom.